The van der Waals surface area contributed by atoms with Gasteiger partial charge in [-0.3, -0.25) is 4.79 Å². The first-order valence-corrected chi connectivity index (χ1v) is 7.53. The highest BCUT2D eigenvalue weighted by atomic mass is 16.1. The van der Waals surface area contributed by atoms with Crippen molar-refractivity contribution in [3.05, 3.63) is 48.0 Å². The van der Waals surface area contributed by atoms with E-state index in [1.807, 2.05) is 30.3 Å². The smallest absolute Gasteiger partial charge is 0.166 e. The topological polar surface area (TPSA) is 43.1 Å². The zero-order valence-corrected chi connectivity index (χ0v) is 11.7. The van der Waals surface area contributed by atoms with Gasteiger partial charge in [0.2, 0.25) is 0 Å². The molecule has 2 atom stereocenters. The van der Waals surface area contributed by atoms with Crippen LogP contribution < -0.4 is 5.73 Å². The maximum absolute atomic E-state index is 12.9. The lowest BCUT2D eigenvalue weighted by Crippen LogP contribution is -2.32. The van der Waals surface area contributed by atoms with Gasteiger partial charge in [-0.1, -0.05) is 55.3 Å². The molecule has 1 aliphatic carbocycles. The first-order chi connectivity index (χ1) is 9.81. The number of hydrogen-bond acceptors (Lipinski definition) is 2. The van der Waals surface area contributed by atoms with Crippen molar-refractivity contribution in [3.63, 3.8) is 0 Å². The molecule has 2 aromatic carbocycles. The molecule has 2 N–H and O–H groups in total. The molecule has 0 saturated heterocycles. The SMILES string of the molecule is NCC1CCCCC1C(=O)c1cccc2ccccc12. The first kappa shape index (κ1) is 13.3. The van der Waals surface area contributed by atoms with E-state index in [0.717, 1.165) is 35.6 Å². The minimum absolute atomic E-state index is 0.111. The summed E-state index contributed by atoms with van der Waals surface area (Å²) in [5.74, 6) is 0.756. The molecule has 0 spiro atoms. The molecule has 2 heteroatoms. The molecule has 2 aromatic rings. The van der Waals surface area contributed by atoms with Gasteiger partial charge in [0.05, 0.1) is 0 Å². The third-order valence-corrected chi connectivity index (χ3v) is 4.60. The normalized spacial score (nSPS) is 22.9. The fourth-order valence-corrected chi connectivity index (χ4v) is 3.47. The van der Waals surface area contributed by atoms with Crippen LogP contribution in [0.3, 0.4) is 0 Å². The molecule has 0 amide bonds. The summed E-state index contributed by atoms with van der Waals surface area (Å²) in [7, 11) is 0. The Kier molecular flexibility index (Phi) is 3.83. The Morgan fingerprint density at radius 1 is 1.05 bits per heavy atom. The Balaban J connectivity index is 1.99. The molecule has 2 unspecified atom stereocenters. The number of hydrogen-bond donors (Lipinski definition) is 1. The average Bonchev–Trinajstić information content (AvgIpc) is 2.53. The van der Waals surface area contributed by atoms with Crippen LogP contribution in [0.25, 0.3) is 10.8 Å². The van der Waals surface area contributed by atoms with E-state index < -0.39 is 0 Å². The molecule has 1 aliphatic rings. The number of benzene rings is 2. The van der Waals surface area contributed by atoms with E-state index in [2.05, 4.69) is 12.1 Å². The molecular weight excluding hydrogens is 246 g/mol. The summed E-state index contributed by atoms with van der Waals surface area (Å²) >= 11 is 0. The summed E-state index contributed by atoms with van der Waals surface area (Å²) in [5, 5.41) is 2.21. The summed E-state index contributed by atoms with van der Waals surface area (Å²) in [6.07, 6.45) is 4.44. The number of carbonyl (C=O) groups is 1. The van der Waals surface area contributed by atoms with Crippen molar-refractivity contribution in [1.29, 1.82) is 0 Å². The summed E-state index contributed by atoms with van der Waals surface area (Å²) in [5.41, 5.74) is 6.74. The van der Waals surface area contributed by atoms with Crippen LogP contribution in [-0.4, -0.2) is 12.3 Å². The zero-order valence-electron chi connectivity index (χ0n) is 11.7. The van der Waals surface area contributed by atoms with Crippen LogP contribution in [-0.2, 0) is 0 Å². The fraction of sp³-hybridized carbons (Fsp3) is 0.389. The highest BCUT2D eigenvalue weighted by Crippen LogP contribution is 2.33. The van der Waals surface area contributed by atoms with Gasteiger partial charge in [0, 0.05) is 11.5 Å². The fourth-order valence-electron chi connectivity index (χ4n) is 3.47. The lowest BCUT2D eigenvalue weighted by atomic mass is 9.75. The van der Waals surface area contributed by atoms with Gasteiger partial charge >= 0.3 is 0 Å². The Morgan fingerprint density at radius 3 is 2.65 bits per heavy atom. The van der Waals surface area contributed by atoms with Crippen molar-refractivity contribution in [1.82, 2.24) is 0 Å². The van der Waals surface area contributed by atoms with E-state index in [9.17, 15) is 4.79 Å². The third kappa shape index (κ3) is 2.36. The van der Waals surface area contributed by atoms with Gasteiger partial charge in [-0.2, -0.15) is 0 Å². The van der Waals surface area contributed by atoms with Crippen LogP contribution in [0.15, 0.2) is 42.5 Å². The second kappa shape index (κ2) is 5.76. The predicted molar refractivity (Wildman–Crippen MR) is 82.8 cm³/mol. The number of rotatable bonds is 3. The van der Waals surface area contributed by atoms with Gasteiger partial charge in [0.25, 0.3) is 0 Å². The Bertz CT molecular complexity index is 614. The van der Waals surface area contributed by atoms with Crippen LogP contribution in [0.5, 0.6) is 0 Å². The molecule has 0 radical (unpaired) electrons. The van der Waals surface area contributed by atoms with Gasteiger partial charge in [-0.15, -0.1) is 0 Å². The van der Waals surface area contributed by atoms with Crippen LogP contribution in [0.1, 0.15) is 36.0 Å². The number of nitrogens with two attached hydrogens (primary N) is 1. The van der Waals surface area contributed by atoms with Crippen molar-refractivity contribution in [2.24, 2.45) is 17.6 Å². The third-order valence-electron chi connectivity index (χ3n) is 4.60. The van der Waals surface area contributed by atoms with Crippen molar-refractivity contribution in [3.8, 4) is 0 Å². The maximum atomic E-state index is 12.9. The second-order valence-corrected chi connectivity index (χ2v) is 5.78. The molecule has 20 heavy (non-hydrogen) atoms. The number of ketones is 1. The molecule has 1 saturated carbocycles. The minimum Gasteiger partial charge on any atom is -0.330 e. The van der Waals surface area contributed by atoms with E-state index in [1.54, 1.807) is 0 Å². The molecule has 0 aliphatic heterocycles. The van der Waals surface area contributed by atoms with E-state index in [1.165, 1.54) is 6.42 Å². The van der Waals surface area contributed by atoms with Crippen LogP contribution in [0.4, 0.5) is 0 Å². The van der Waals surface area contributed by atoms with Gasteiger partial charge in [-0.05, 0) is 36.1 Å². The number of Topliss-reactive ketones (excluding diaryl/α,β-unsaturated/α-hetero) is 1. The molecule has 0 bridgehead atoms. The monoisotopic (exact) mass is 267 g/mol. The quantitative estimate of drug-likeness (QED) is 0.860. The van der Waals surface area contributed by atoms with Crippen LogP contribution >= 0.6 is 0 Å². The maximum Gasteiger partial charge on any atom is 0.166 e. The molecular formula is C18H21NO. The summed E-state index contributed by atoms with van der Waals surface area (Å²) in [4.78, 5) is 12.9. The highest BCUT2D eigenvalue weighted by molar-refractivity contribution is 6.09. The molecule has 0 aromatic heterocycles. The molecule has 0 heterocycles. The highest BCUT2D eigenvalue weighted by Gasteiger charge is 2.31. The molecule has 104 valence electrons. The van der Waals surface area contributed by atoms with Crippen molar-refractivity contribution < 1.29 is 4.79 Å². The largest absolute Gasteiger partial charge is 0.330 e. The second-order valence-electron chi connectivity index (χ2n) is 5.78. The van der Waals surface area contributed by atoms with Gasteiger partial charge in [-0.25, -0.2) is 0 Å². The Labute approximate surface area is 120 Å². The van der Waals surface area contributed by atoms with Gasteiger partial charge in [0.15, 0.2) is 5.78 Å². The molecule has 3 rings (SSSR count). The Morgan fingerprint density at radius 2 is 1.80 bits per heavy atom. The van der Waals surface area contributed by atoms with Crippen molar-refractivity contribution in [2.45, 2.75) is 25.7 Å². The first-order valence-electron chi connectivity index (χ1n) is 7.53. The van der Waals surface area contributed by atoms with E-state index >= 15 is 0 Å². The zero-order chi connectivity index (χ0) is 13.9. The average molecular weight is 267 g/mol. The van der Waals surface area contributed by atoms with Crippen molar-refractivity contribution >= 4 is 16.6 Å². The van der Waals surface area contributed by atoms with E-state index in [0.29, 0.717) is 12.5 Å². The van der Waals surface area contributed by atoms with Crippen LogP contribution in [0, 0.1) is 11.8 Å². The van der Waals surface area contributed by atoms with Gasteiger partial charge in [0.1, 0.15) is 0 Å². The van der Waals surface area contributed by atoms with Gasteiger partial charge < -0.3 is 5.73 Å². The lowest BCUT2D eigenvalue weighted by molar-refractivity contribution is 0.0831. The molecule has 1 fully saturated rings. The van der Waals surface area contributed by atoms with E-state index in [-0.39, 0.29) is 11.7 Å². The standard InChI is InChI=1S/C18H21NO/c19-12-14-7-2-4-10-16(14)18(20)17-11-5-8-13-6-1-3-9-15(13)17/h1,3,5-6,8-9,11,14,16H,2,4,7,10,12,19H2. The summed E-state index contributed by atoms with van der Waals surface area (Å²) < 4.78 is 0. The number of fused-ring (bicyclic) bond motifs is 1. The lowest BCUT2D eigenvalue weighted by Gasteiger charge is -2.29. The number of carbonyl (C=O) groups excluding carboxylic acids is 1. The summed E-state index contributed by atoms with van der Waals surface area (Å²) in [6.45, 7) is 0.626. The predicted octanol–water partition coefficient (Wildman–Crippen LogP) is 3.79. The van der Waals surface area contributed by atoms with Crippen molar-refractivity contribution in [2.75, 3.05) is 6.54 Å². The van der Waals surface area contributed by atoms with E-state index in [4.69, 9.17) is 5.73 Å². The summed E-state index contributed by atoms with van der Waals surface area (Å²) in [6, 6.07) is 14.1. The molecule has 2 nitrogen and oxygen atoms in total. The van der Waals surface area contributed by atoms with Crippen LogP contribution in [0.2, 0.25) is 0 Å². The Hall–Kier alpha value is -1.67. The minimum atomic E-state index is 0.111.